The number of nitrogens with two attached hydrogens (primary N) is 1. The molecule has 4 N–H and O–H groups in total. The molecule has 0 saturated carbocycles. The SMILES string of the molecule is CCNC(=NCc1ccc(F)cc1CSC)NCCc1ccc(S(N)(=O)=O)cc1. The van der Waals surface area contributed by atoms with Gasteiger partial charge < -0.3 is 10.6 Å². The first-order valence-electron chi connectivity index (χ1n) is 9.23. The normalized spacial score (nSPS) is 12.1. The largest absolute Gasteiger partial charge is 0.357 e. The number of primary sulfonamides is 1. The Balaban J connectivity index is 1.98. The molecular weight excluding hydrogens is 411 g/mol. The number of aliphatic imine (C=N–C) groups is 1. The number of guanidine groups is 1. The summed E-state index contributed by atoms with van der Waals surface area (Å²) < 4.78 is 36.1. The standard InChI is InChI=1S/C20H27FN4O2S2/c1-3-23-20(25-13-16-6-7-18(21)12-17(16)14-28-2)24-11-10-15-4-8-19(9-5-15)29(22,26)27/h4-9,12H,3,10-11,13-14H2,1-2H3,(H2,22,26,27)(H2,23,24,25). The van der Waals surface area contributed by atoms with Gasteiger partial charge in [-0.2, -0.15) is 11.8 Å². The molecule has 0 fully saturated rings. The molecule has 0 aliphatic rings. The maximum Gasteiger partial charge on any atom is 0.238 e. The molecule has 0 aliphatic carbocycles. The first-order chi connectivity index (χ1) is 13.8. The molecule has 29 heavy (non-hydrogen) atoms. The van der Waals surface area contributed by atoms with Crippen LogP contribution in [0.15, 0.2) is 52.4 Å². The number of hydrogen-bond acceptors (Lipinski definition) is 4. The fourth-order valence-electron chi connectivity index (χ4n) is 2.72. The van der Waals surface area contributed by atoms with E-state index in [4.69, 9.17) is 5.14 Å². The molecule has 158 valence electrons. The van der Waals surface area contributed by atoms with Crippen LogP contribution in [0.2, 0.25) is 0 Å². The van der Waals surface area contributed by atoms with Crippen LogP contribution in [0.5, 0.6) is 0 Å². The Bertz CT molecular complexity index is 932. The van der Waals surface area contributed by atoms with Crippen LogP contribution in [0.4, 0.5) is 4.39 Å². The van der Waals surface area contributed by atoms with Crippen molar-refractivity contribution in [3.05, 3.63) is 65.0 Å². The molecule has 0 aromatic heterocycles. The van der Waals surface area contributed by atoms with Crippen LogP contribution in [-0.2, 0) is 28.7 Å². The molecule has 2 aromatic rings. The lowest BCUT2D eigenvalue weighted by Gasteiger charge is -2.12. The molecule has 0 aliphatic heterocycles. The molecule has 0 radical (unpaired) electrons. The quantitative estimate of drug-likeness (QED) is 0.413. The molecule has 0 bridgehead atoms. The van der Waals surface area contributed by atoms with Crippen molar-refractivity contribution in [3.63, 3.8) is 0 Å². The van der Waals surface area contributed by atoms with Gasteiger partial charge in [-0.05, 0) is 60.6 Å². The van der Waals surface area contributed by atoms with Crippen LogP contribution >= 0.6 is 11.8 Å². The lowest BCUT2D eigenvalue weighted by molar-refractivity contribution is 0.597. The second kappa shape index (κ2) is 11.2. The summed E-state index contributed by atoms with van der Waals surface area (Å²) in [7, 11) is -3.67. The van der Waals surface area contributed by atoms with E-state index >= 15 is 0 Å². The summed E-state index contributed by atoms with van der Waals surface area (Å²) in [6, 6.07) is 11.3. The van der Waals surface area contributed by atoms with Crippen LogP contribution < -0.4 is 15.8 Å². The number of hydrogen-bond donors (Lipinski definition) is 3. The first kappa shape index (κ1) is 23.2. The smallest absolute Gasteiger partial charge is 0.238 e. The Kier molecular flexibility index (Phi) is 8.94. The lowest BCUT2D eigenvalue weighted by atomic mass is 10.1. The molecule has 0 heterocycles. The maximum atomic E-state index is 13.5. The lowest BCUT2D eigenvalue weighted by Crippen LogP contribution is -2.38. The van der Waals surface area contributed by atoms with E-state index < -0.39 is 10.0 Å². The van der Waals surface area contributed by atoms with Gasteiger partial charge in [0.2, 0.25) is 10.0 Å². The highest BCUT2D eigenvalue weighted by molar-refractivity contribution is 7.97. The zero-order valence-corrected chi connectivity index (χ0v) is 18.2. The van der Waals surface area contributed by atoms with Crippen molar-refractivity contribution in [1.29, 1.82) is 0 Å². The topological polar surface area (TPSA) is 96.6 Å². The Morgan fingerprint density at radius 3 is 2.48 bits per heavy atom. The van der Waals surface area contributed by atoms with Crippen molar-refractivity contribution in [1.82, 2.24) is 10.6 Å². The zero-order valence-electron chi connectivity index (χ0n) is 16.6. The van der Waals surface area contributed by atoms with Gasteiger partial charge in [-0.3, -0.25) is 0 Å². The summed E-state index contributed by atoms with van der Waals surface area (Å²) in [6.07, 6.45) is 2.68. The Labute approximate surface area is 176 Å². The monoisotopic (exact) mass is 438 g/mol. The van der Waals surface area contributed by atoms with Gasteiger partial charge in [0.25, 0.3) is 0 Å². The van der Waals surface area contributed by atoms with Gasteiger partial charge in [0, 0.05) is 18.8 Å². The maximum absolute atomic E-state index is 13.5. The van der Waals surface area contributed by atoms with Gasteiger partial charge in [-0.1, -0.05) is 18.2 Å². The predicted molar refractivity (Wildman–Crippen MR) is 118 cm³/mol. The van der Waals surface area contributed by atoms with E-state index in [1.807, 2.05) is 13.2 Å². The van der Waals surface area contributed by atoms with E-state index in [0.29, 0.717) is 25.5 Å². The van der Waals surface area contributed by atoms with Crippen LogP contribution in [0.3, 0.4) is 0 Å². The van der Waals surface area contributed by atoms with Crippen molar-refractivity contribution < 1.29 is 12.8 Å². The number of nitrogens with one attached hydrogen (secondary N) is 2. The summed E-state index contributed by atoms with van der Waals surface area (Å²) in [4.78, 5) is 4.70. The third-order valence-corrected chi connectivity index (χ3v) is 5.71. The highest BCUT2D eigenvalue weighted by atomic mass is 32.2. The van der Waals surface area contributed by atoms with Gasteiger partial charge in [-0.25, -0.2) is 22.9 Å². The van der Waals surface area contributed by atoms with Gasteiger partial charge in [0.05, 0.1) is 11.4 Å². The number of sulfonamides is 1. The minimum Gasteiger partial charge on any atom is -0.357 e. The van der Waals surface area contributed by atoms with Crippen LogP contribution in [0.25, 0.3) is 0 Å². The molecule has 0 amide bonds. The summed E-state index contributed by atoms with van der Waals surface area (Å²) in [5, 5.41) is 11.6. The van der Waals surface area contributed by atoms with Gasteiger partial charge >= 0.3 is 0 Å². The molecule has 6 nitrogen and oxygen atoms in total. The van der Waals surface area contributed by atoms with Gasteiger partial charge in [-0.15, -0.1) is 0 Å². The van der Waals surface area contributed by atoms with E-state index in [1.165, 1.54) is 18.2 Å². The van der Waals surface area contributed by atoms with Crippen LogP contribution in [0.1, 0.15) is 23.6 Å². The Hall–Kier alpha value is -2.10. The van der Waals surface area contributed by atoms with Crippen molar-refractivity contribution in [2.45, 2.75) is 30.5 Å². The van der Waals surface area contributed by atoms with E-state index in [0.717, 1.165) is 29.0 Å². The molecular formula is C20H27FN4O2S2. The Morgan fingerprint density at radius 2 is 1.86 bits per heavy atom. The van der Waals surface area contributed by atoms with Crippen LogP contribution in [0, 0.1) is 5.82 Å². The van der Waals surface area contributed by atoms with E-state index in [2.05, 4.69) is 15.6 Å². The predicted octanol–water partition coefficient (Wildman–Crippen LogP) is 2.63. The zero-order chi connectivity index (χ0) is 21.3. The molecule has 0 unspecified atom stereocenters. The summed E-state index contributed by atoms with van der Waals surface area (Å²) in [6.45, 7) is 3.78. The fourth-order valence-corrected chi connectivity index (χ4v) is 3.81. The summed E-state index contributed by atoms with van der Waals surface area (Å²) in [5.41, 5.74) is 2.94. The van der Waals surface area contributed by atoms with E-state index in [-0.39, 0.29) is 10.7 Å². The van der Waals surface area contributed by atoms with Crippen molar-refractivity contribution in [2.24, 2.45) is 10.1 Å². The number of benzene rings is 2. The third-order valence-electron chi connectivity index (χ3n) is 4.18. The fraction of sp³-hybridized carbons (Fsp3) is 0.350. The number of rotatable bonds is 9. The molecule has 2 rings (SSSR count). The van der Waals surface area contributed by atoms with Crippen molar-refractivity contribution >= 4 is 27.7 Å². The minimum atomic E-state index is -3.67. The second-order valence-corrected chi connectivity index (χ2v) is 8.83. The summed E-state index contributed by atoms with van der Waals surface area (Å²) in [5.74, 6) is 1.18. The average molecular weight is 439 g/mol. The first-order valence-corrected chi connectivity index (χ1v) is 12.2. The Morgan fingerprint density at radius 1 is 1.14 bits per heavy atom. The molecule has 9 heteroatoms. The minimum absolute atomic E-state index is 0.101. The molecule has 0 spiro atoms. The molecule has 2 aromatic carbocycles. The van der Waals surface area contributed by atoms with E-state index in [1.54, 1.807) is 36.0 Å². The van der Waals surface area contributed by atoms with Crippen LogP contribution in [-0.4, -0.2) is 33.7 Å². The van der Waals surface area contributed by atoms with Gasteiger partial charge in [0.1, 0.15) is 5.82 Å². The highest BCUT2D eigenvalue weighted by Gasteiger charge is 2.07. The summed E-state index contributed by atoms with van der Waals surface area (Å²) >= 11 is 1.64. The molecule has 0 atom stereocenters. The third kappa shape index (κ3) is 7.68. The second-order valence-electron chi connectivity index (χ2n) is 6.41. The van der Waals surface area contributed by atoms with Crippen molar-refractivity contribution in [2.75, 3.05) is 19.3 Å². The molecule has 0 saturated heterocycles. The average Bonchev–Trinajstić information content (AvgIpc) is 2.67. The van der Waals surface area contributed by atoms with Gasteiger partial charge in [0.15, 0.2) is 5.96 Å². The number of halogens is 1. The van der Waals surface area contributed by atoms with Crippen molar-refractivity contribution in [3.8, 4) is 0 Å². The van der Waals surface area contributed by atoms with E-state index in [9.17, 15) is 12.8 Å². The number of thioether (sulfide) groups is 1. The highest BCUT2D eigenvalue weighted by Crippen LogP contribution is 2.17. The number of nitrogens with zero attached hydrogens (tertiary/aromatic N) is 1.